The Labute approximate surface area is 132 Å². The molecular formula is C13H16N4O3S2. The van der Waals surface area contributed by atoms with Crippen LogP contribution in [0.2, 0.25) is 0 Å². The fraction of sp³-hybridized carbons (Fsp3) is 0.385. The first-order chi connectivity index (χ1) is 10.5. The van der Waals surface area contributed by atoms with Gasteiger partial charge in [-0.15, -0.1) is 10.2 Å². The Balaban J connectivity index is 1.79. The second-order valence-electron chi connectivity index (χ2n) is 5.05. The molecule has 0 radical (unpaired) electrons. The number of methoxy groups -OCH3 is 1. The molecule has 0 amide bonds. The monoisotopic (exact) mass is 340 g/mol. The maximum atomic E-state index is 11.5. The second kappa shape index (κ2) is 5.81. The number of thioether (sulfide) groups is 1. The molecule has 0 bridgehead atoms. The SMILES string of the molecule is COc1ccc(-c2nnc(SC3CCS(=O)(=O)C3)n2N)cc1. The molecule has 1 aromatic carbocycles. The molecule has 0 spiro atoms. The Kier molecular flexibility index (Phi) is 4.00. The molecular weight excluding hydrogens is 324 g/mol. The largest absolute Gasteiger partial charge is 0.497 e. The minimum atomic E-state index is -2.91. The van der Waals surface area contributed by atoms with E-state index in [0.717, 1.165) is 11.3 Å². The standard InChI is InChI=1S/C13H16N4O3S2/c1-20-10-4-2-9(3-5-10)12-15-16-13(17(12)14)21-11-6-7-22(18,19)8-11/h2-5,11H,6-8,14H2,1H3. The average molecular weight is 340 g/mol. The van der Waals surface area contributed by atoms with Gasteiger partial charge in [0.05, 0.1) is 18.6 Å². The van der Waals surface area contributed by atoms with Crippen molar-refractivity contribution in [3.05, 3.63) is 24.3 Å². The summed E-state index contributed by atoms with van der Waals surface area (Å²) in [5, 5.41) is 8.68. The van der Waals surface area contributed by atoms with Crippen molar-refractivity contribution in [2.24, 2.45) is 0 Å². The summed E-state index contributed by atoms with van der Waals surface area (Å²) in [6.07, 6.45) is 0.623. The lowest BCUT2D eigenvalue weighted by Crippen LogP contribution is -2.14. The first kappa shape index (κ1) is 15.2. The summed E-state index contributed by atoms with van der Waals surface area (Å²) in [5.74, 6) is 7.72. The fourth-order valence-corrected chi connectivity index (χ4v) is 5.71. The van der Waals surface area contributed by atoms with E-state index in [2.05, 4.69) is 10.2 Å². The molecule has 0 aliphatic carbocycles. The molecule has 7 nitrogen and oxygen atoms in total. The van der Waals surface area contributed by atoms with Gasteiger partial charge in [0.2, 0.25) is 5.16 Å². The lowest BCUT2D eigenvalue weighted by Gasteiger charge is -2.07. The second-order valence-corrected chi connectivity index (χ2v) is 8.54. The van der Waals surface area contributed by atoms with Crippen LogP contribution in [0.3, 0.4) is 0 Å². The van der Waals surface area contributed by atoms with Crippen LogP contribution in [0.5, 0.6) is 5.75 Å². The van der Waals surface area contributed by atoms with Gasteiger partial charge in [0.15, 0.2) is 15.7 Å². The van der Waals surface area contributed by atoms with E-state index in [1.807, 2.05) is 24.3 Å². The van der Waals surface area contributed by atoms with Crippen LogP contribution >= 0.6 is 11.8 Å². The van der Waals surface area contributed by atoms with E-state index in [1.165, 1.54) is 16.4 Å². The lowest BCUT2D eigenvalue weighted by molar-refractivity contribution is 0.415. The predicted molar refractivity (Wildman–Crippen MR) is 85.1 cm³/mol. The highest BCUT2D eigenvalue weighted by molar-refractivity contribution is 8.01. The maximum Gasteiger partial charge on any atom is 0.210 e. The summed E-state index contributed by atoms with van der Waals surface area (Å²) < 4.78 is 29.5. The van der Waals surface area contributed by atoms with Crippen LogP contribution in [0.4, 0.5) is 0 Å². The Hall–Kier alpha value is -1.74. The van der Waals surface area contributed by atoms with Crippen LogP contribution in [-0.2, 0) is 9.84 Å². The Bertz CT molecular complexity index is 771. The first-order valence-electron chi connectivity index (χ1n) is 6.70. The van der Waals surface area contributed by atoms with Gasteiger partial charge in [-0.05, 0) is 30.7 Å². The van der Waals surface area contributed by atoms with Crippen LogP contribution in [0.15, 0.2) is 29.4 Å². The van der Waals surface area contributed by atoms with Gasteiger partial charge in [-0.2, -0.15) is 0 Å². The summed E-state index contributed by atoms with van der Waals surface area (Å²) >= 11 is 1.36. The molecule has 1 aromatic heterocycles. The number of hydrogen-bond acceptors (Lipinski definition) is 7. The number of sulfone groups is 1. The average Bonchev–Trinajstić information content (AvgIpc) is 3.03. The van der Waals surface area contributed by atoms with E-state index in [1.54, 1.807) is 7.11 Å². The zero-order chi connectivity index (χ0) is 15.7. The molecule has 1 aliphatic heterocycles. The summed E-state index contributed by atoms with van der Waals surface area (Å²) in [7, 11) is -1.31. The minimum absolute atomic E-state index is 0.0137. The Morgan fingerprint density at radius 1 is 1.32 bits per heavy atom. The lowest BCUT2D eigenvalue weighted by atomic mass is 10.2. The highest BCUT2D eigenvalue weighted by atomic mass is 32.2. The van der Waals surface area contributed by atoms with Gasteiger partial charge in [-0.1, -0.05) is 11.8 Å². The number of nitrogens with zero attached hydrogens (tertiary/aromatic N) is 3. The maximum absolute atomic E-state index is 11.5. The van der Waals surface area contributed by atoms with Crippen LogP contribution < -0.4 is 10.6 Å². The van der Waals surface area contributed by atoms with E-state index < -0.39 is 9.84 Å². The molecule has 2 heterocycles. The number of benzene rings is 1. The van der Waals surface area contributed by atoms with E-state index in [0.29, 0.717) is 17.4 Å². The third-order valence-electron chi connectivity index (χ3n) is 3.48. The zero-order valence-corrected chi connectivity index (χ0v) is 13.6. The topological polar surface area (TPSA) is 100 Å². The van der Waals surface area contributed by atoms with Crippen LogP contribution in [0.1, 0.15) is 6.42 Å². The molecule has 118 valence electrons. The summed E-state index contributed by atoms with van der Waals surface area (Å²) in [5.41, 5.74) is 0.821. The molecule has 2 N–H and O–H groups in total. The van der Waals surface area contributed by atoms with Gasteiger partial charge in [0, 0.05) is 10.8 Å². The number of aromatic nitrogens is 3. The van der Waals surface area contributed by atoms with E-state index >= 15 is 0 Å². The minimum Gasteiger partial charge on any atom is -0.497 e. The van der Waals surface area contributed by atoms with E-state index in [4.69, 9.17) is 10.6 Å². The summed E-state index contributed by atoms with van der Waals surface area (Å²) in [4.78, 5) is 0. The molecule has 1 saturated heterocycles. The number of nitrogen functional groups attached to an aromatic ring is 1. The number of ether oxygens (including phenoxy) is 1. The highest BCUT2D eigenvalue weighted by Gasteiger charge is 2.30. The molecule has 1 fully saturated rings. The predicted octanol–water partition coefficient (Wildman–Crippen LogP) is 0.947. The molecule has 1 aliphatic rings. The van der Waals surface area contributed by atoms with Gasteiger partial charge >= 0.3 is 0 Å². The van der Waals surface area contributed by atoms with Crippen molar-refractivity contribution in [1.29, 1.82) is 0 Å². The quantitative estimate of drug-likeness (QED) is 0.827. The fourth-order valence-electron chi connectivity index (χ4n) is 2.30. The molecule has 0 saturated carbocycles. The van der Waals surface area contributed by atoms with Crippen LogP contribution in [0, 0.1) is 0 Å². The molecule has 2 aromatic rings. The van der Waals surface area contributed by atoms with Gasteiger partial charge in [-0.3, -0.25) is 0 Å². The van der Waals surface area contributed by atoms with Crippen molar-refractivity contribution in [3.8, 4) is 17.1 Å². The van der Waals surface area contributed by atoms with Gasteiger partial charge in [-0.25, -0.2) is 13.1 Å². The van der Waals surface area contributed by atoms with Crippen molar-refractivity contribution < 1.29 is 13.2 Å². The molecule has 1 atom stereocenters. The van der Waals surface area contributed by atoms with Crippen molar-refractivity contribution in [2.75, 3.05) is 24.5 Å². The van der Waals surface area contributed by atoms with Gasteiger partial charge in [0.25, 0.3) is 0 Å². The van der Waals surface area contributed by atoms with Crippen molar-refractivity contribution in [3.63, 3.8) is 0 Å². The zero-order valence-electron chi connectivity index (χ0n) is 12.0. The van der Waals surface area contributed by atoms with Crippen LogP contribution in [-0.4, -0.2) is 47.2 Å². The normalized spacial score (nSPS) is 20.1. The van der Waals surface area contributed by atoms with Crippen molar-refractivity contribution in [1.82, 2.24) is 14.9 Å². The van der Waals surface area contributed by atoms with Crippen LogP contribution in [0.25, 0.3) is 11.4 Å². The summed E-state index contributed by atoms with van der Waals surface area (Å²) in [6.45, 7) is 0. The van der Waals surface area contributed by atoms with Gasteiger partial charge < -0.3 is 10.6 Å². The molecule has 3 rings (SSSR count). The smallest absolute Gasteiger partial charge is 0.210 e. The van der Waals surface area contributed by atoms with E-state index in [9.17, 15) is 8.42 Å². The highest BCUT2D eigenvalue weighted by Crippen LogP contribution is 2.31. The number of hydrogen-bond donors (Lipinski definition) is 1. The first-order valence-corrected chi connectivity index (χ1v) is 9.40. The van der Waals surface area contributed by atoms with Crippen molar-refractivity contribution in [2.45, 2.75) is 16.8 Å². The third-order valence-corrected chi connectivity index (χ3v) is 6.68. The molecule has 1 unspecified atom stereocenters. The Morgan fingerprint density at radius 3 is 2.64 bits per heavy atom. The molecule has 9 heteroatoms. The molecule has 22 heavy (non-hydrogen) atoms. The Morgan fingerprint density at radius 2 is 2.05 bits per heavy atom. The number of nitrogens with two attached hydrogens (primary N) is 1. The number of rotatable bonds is 4. The van der Waals surface area contributed by atoms with Crippen molar-refractivity contribution >= 4 is 21.6 Å². The van der Waals surface area contributed by atoms with Gasteiger partial charge in [0.1, 0.15) is 5.75 Å². The summed E-state index contributed by atoms with van der Waals surface area (Å²) in [6, 6.07) is 7.34. The van der Waals surface area contributed by atoms with E-state index in [-0.39, 0.29) is 16.8 Å². The third kappa shape index (κ3) is 3.05.